The average molecular weight is 918 g/mol. The third kappa shape index (κ3) is 30.4. The molecule has 0 heterocycles. The number of phosphoric ester groups is 1. The zero-order valence-electron chi connectivity index (χ0n) is 39.2. The summed E-state index contributed by atoms with van der Waals surface area (Å²) in [4.78, 5) is 23.5. The molecule has 9 N–H and O–H groups in total. The van der Waals surface area contributed by atoms with Crippen LogP contribution in [0.1, 0.15) is 206 Å². The normalized spacial score (nSPS) is 23.1. The topological polar surface area (TPSA) is 226 Å². The predicted octanol–water partition coefficient (Wildman–Crippen LogP) is 8.92. The highest BCUT2D eigenvalue weighted by Gasteiger charge is 2.51. The maximum absolute atomic E-state index is 13.0. The second-order valence-electron chi connectivity index (χ2n) is 17.8. The number of allylic oxidation sites excluding steroid dienone is 5. The van der Waals surface area contributed by atoms with Gasteiger partial charge in [-0.3, -0.25) is 13.8 Å². The Morgan fingerprint density at radius 3 is 1.40 bits per heavy atom. The molecule has 0 radical (unpaired) electrons. The monoisotopic (exact) mass is 918 g/mol. The molecule has 0 aromatic carbocycles. The van der Waals surface area contributed by atoms with Crippen molar-refractivity contribution in [3.8, 4) is 0 Å². The minimum absolute atomic E-state index is 0.253. The molecule has 1 aliphatic carbocycles. The average Bonchev–Trinajstić information content (AvgIpc) is 3.26. The van der Waals surface area contributed by atoms with Gasteiger partial charge in [0.1, 0.15) is 36.6 Å². The third-order valence-electron chi connectivity index (χ3n) is 12.0. The summed E-state index contributed by atoms with van der Waals surface area (Å²) < 4.78 is 22.9. The van der Waals surface area contributed by atoms with E-state index >= 15 is 0 Å². The largest absolute Gasteiger partial charge is 0.472 e. The van der Waals surface area contributed by atoms with Crippen LogP contribution in [0.3, 0.4) is 0 Å². The number of phosphoric acid groups is 1. The smallest absolute Gasteiger partial charge is 0.393 e. The van der Waals surface area contributed by atoms with E-state index < -0.39 is 75.2 Å². The number of rotatable bonds is 41. The van der Waals surface area contributed by atoms with Crippen LogP contribution in [0.15, 0.2) is 36.5 Å². The molecule has 0 aromatic rings. The molecule has 13 nitrogen and oxygen atoms in total. The van der Waals surface area contributed by atoms with Gasteiger partial charge >= 0.3 is 7.82 Å². The van der Waals surface area contributed by atoms with Gasteiger partial charge in [0.15, 0.2) is 0 Å². The summed E-state index contributed by atoms with van der Waals surface area (Å²) in [7, 11) is -5.15. The summed E-state index contributed by atoms with van der Waals surface area (Å²) in [6.07, 6.45) is 30.9. The van der Waals surface area contributed by atoms with Crippen LogP contribution in [0.5, 0.6) is 0 Å². The summed E-state index contributed by atoms with van der Waals surface area (Å²) in [5, 5.41) is 74.5. The quantitative estimate of drug-likeness (QED) is 0.0159. The van der Waals surface area contributed by atoms with E-state index in [2.05, 4.69) is 43.5 Å². The minimum Gasteiger partial charge on any atom is -0.393 e. The van der Waals surface area contributed by atoms with Gasteiger partial charge in [-0.2, -0.15) is 0 Å². The lowest BCUT2D eigenvalue weighted by Crippen LogP contribution is -2.64. The van der Waals surface area contributed by atoms with Gasteiger partial charge in [-0.05, 0) is 44.9 Å². The Balaban J connectivity index is 2.50. The van der Waals surface area contributed by atoms with Crippen molar-refractivity contribution < 1.29 is 59.0 Å². The minimum atomic E-state index is -5.15. The van der Waals surface area contributed by atoms with Crippen molar-refractivity contribution in [2.24, 2.45) is 0 Å². The number of amides is 1. The Kier molecular flexibility index (Phi) is 36.5. The molecule has 1 saturated carbocycles. The first-order valence-electron chi connectivity index (χ1n) is 25.0. The summed E-state index contributed by atoms with van der Waals surface area (Å²) >= 11 is 0. The van der Waals surface area contributed by atoms with Crippen molar-refractivity contribution in [1.82, 2.24) is 5.32 Å². The molecule has 1 fully saturated rings. The van der Waals surface area contributed by atoms with Crippen molar-refractivity contribution in [3.05, 3.63) is 36.5 Å². The number of nitrogens with one attached hydrogen (secondary N) is 1. The lowest BCUT2D eigenvalue weighted by Gasteiger charge is -2.41. The van der Waals surface area contributed by atoms with E-state index in [1.807, 2.05) is 0 Å². The number of hydrogen-bond acceptors (Lipinski definition) is 11. The fourth-order valence-electron chi connectivity index (χ4n) is 7.86. The standard InChI is InChI=1S/C49H92NO12P/c1-3-5-7-9-11-13-15-17-19-20-21-22-23-24-26-28-30-32-34-36-40(51)38-43(53)50-41(39-61-63(59,60)62-49-47(57)45(55)44(54)46(56)48(49)58)42(52)37-35-33-31-29-27-25-18-16-14-12-10-8-6-4-2/h14,16,27,29,35,37,40-42,44-49,51-52,54-58H,3-13,15,17-26,28,30-34,36,38-39H2,1-2H3,(H,50,53)(H,59,60)/b16-14+,29-27+,37-35+. The molecule has 1 aliphatic rings. The Hall–Kier alpha value is -1.48. The molecule has 63 heavy (non-hydrogen) atoms. The zero-order chi connectivity index (χ0) is 46.6. The van der Waals surface area contributed by atoms with Crippen LogP contribution in [0.2, 0.25) is 0 Å². The lowest BCUT2D eigenvalue weighted by atomic mass is 9.85. The van der Waals surface area contributed by atoms with Crippen LogP contribution in [0.4, 0.5) is 0 Å². The van der Waals surface area contributed by atoms with E-state index in [-0.39, 0.29) is 6.42 Å². The van der Waals surface area contributed by atoms with Crippen molar-refractivity contribution in [3.63, 3.8) is 0 Å². The van der Waals surface area contributed by atoms with Crippen molar-refractivity contribution in [1.29, 1.82) is 0 Å². The van der Waals surface area contributed by atoms with Gasteiger partial charge in [0, 0.05) is 0 Å². The molecule has 8 atom stereocenters. The first kappa shape index (κ1) is 59.5. The van der Waals surface area contributed by atoms with Gasteiger partial charge in [0.2, 0.25) is 5.91 Å². The lowest BCUT2D eigenvalue weighted by molar-refractivity contribution is -0.220. The molecule has 1 amide bonds. The van der Waals surface area contributed by atoms with Crippen LogP contribution in [0.25, 0.3) is 0 Å². The molecule has 0 aromatic heterocycles. The van der Waals surface area contributed by atoms with Crippen LogP contribution in [-0.2, 0) is 18.4 Å². The molecule has 8 unspecified atom stereocenters. The summed E-state index contributed by atoms with van der Waals surface area (Å²) in [6.45, 7) is 3.71. The summed E-state index contributed by atoms with van der Waals surface area (Å²) in [6, 6.07) is -1.26. The van der Waals surface area contributed by atoms with E-state index in [0.29, 0.717) is 19.3 Å². The van der Waals surface area contributed by atoms with Gasteiger partial charge < -0.3 is 46.0 Å². The molecule has 0 aliphatic heterocycles. The van der Waals surface area contributed by atoms with Crippen LogP contribution < -0.4 is 5.32 Å². The van der Waals surface area contributed by atoms with E-state index in [9.17, 15) is 50.0 Å². The van der Waals surface area contributed by atoms with Crippen molar-refractivity contribution in [2.75, 3.05) is 6.61 Å². The molecular weight excluding hydrogens is 826 g/mol. The molecule has 370 valence electrons. The highest BCUT2D eigenvalue weighted by molar-refractivity contribution is 7.47. The van der Waals surface area contributed by atoms with Crippen molar-refractivity contribution in [2.45, 2.75) is 261 Å². The molecule has 0 spiro atoms. The summed E-state index contributed by atoms with van der Waals surface area (Å²) in [5.41, 5.74) is 0. The highest BCUT2D eigenvalue weighted by atomic mass is 31.2. The summed E-state index contributed by atoms with van der Waals surface area (Å²) in [5.74, 6) is -0.605. The number of aliphatic hydroxyl groups is 7. The van der Waals surface area contributed by atoms with Crippen LogP contribution in [-0.4, -0.2) is 108 Å². The molecule has 0 bridgehead atoms. The van der Waals surface area contributed by atoms with Gasteiger partial charge in [-0.15, -0.1) is 0 Å². The van der Waals surface area contributed by atoms with E-state index in [1.165, 1.54) is 128 Å². The first-order valence-corrected chi connectivity index (χ1v) is 26.5. The third-order valence-corrected chi connectivity index (χ3v) is 12.9. The Labute approximate surface area is 381 Å². The Morgan fingerprint density at radius 2 is 0.937 bits per heavy atom. The first-order chi connectivity index (χ1) is 30.3. The number of aliphatic hydroxyl groups excluding tert-OH is 7. The fourth-order valence-corrected chi connectivity index (χ4v) is 8.83. The van der Waals surface area contributed by atoms with E-state index in [1.54, 1.807) is 6.08 Å². The molecule has 14 heteroatoms. The van der Waals surface area contributed by atoms with Crippen molar-refractivity contribution >= 4 is 13.7 Å². The molecular formula is C49H92NO12P. The van der Waals surface area contributed by atoms with E-state index in [0.717, 1.165) is 44.9 Å². The van der Waals surface area contributed by atoms with Gasteiger partial charge in [0.25, 0.3) is 0 Å². The second-order valence-corrected chi connectivity index (χ2v) is 19.2. The number of carbonyl (C=O) groups excluding carboxylic acids is 1. The number of hydrogen-bond donors (Lipinski definition) is 9. The number of unbranched alkanes of at least 4 members (excludes halogenated alkanes) is 24. The second kappa shape index (κ2) is 38.6. The highest BCUT2D eigenvalue weighted by Crippen LogP contribution is 2.47. The SMILES string of the molecule is CCCCCC/C=C/CC/C=C/CC/C=C/C(O)C(COP(=O)(O)OC1C(O)C(O)C(O)C(O)C1O)NC(=O)CC(O)CCCCCCCCCCCCCCCCCCCCC. The molecule has 0 saturated heterocycles. The maximum atomic E-state index is 13.0. The van der Waals surface area contributed by atoms with Gasteiger partial charge in [0.05, 0.1) is 31.3 Å². The van der Waals surface area contributed by atoms with Gasteiger partial charge in [-0.1, -0.05) is 192 Å². The predicted molar refractivity (Wildman–Crippen MR) is 252 cm³/mol. The maximum Gasteiger partial charge on any atom is 0.472 e. The van der Waals surface area contributed by atoms with E-state index in [4.69, 9.17) is 9.05 Å². The Morgan fingerprint density at radius 1 is 0.556 bits per heavy atom. The van der Waals surface area contributed by atoms with Crippen LogP contribution in [0, 0.1) is 0 Å². The van der Waals surface area contributed by atoms with Gasteiger partial charge in [-0.25, -0.2) is 4.57 Å². The zero-order valence-corrected chi connectivity index (χ0v) is 40.1. The number of carbonyl (C=O) groups is 1. The Bertz CT molecular complexity index is 1220. The van der Waals surface area contributed by atoms with Crippen LogP contribution >= 0.6 is 7.82 Å². The molecule has 1 rings (SSSR count). The fraction of sp³-hybridized carbons (Fsp3) is 0.857.